The van der Waals surface area contributed by atoms with Crippen LogP contribution >= 0.6 is 0 Å². The Hall–Kier alpha value is -2.28. The van der Waals surface area contributed by atoms with Gasteiger partial charge in [0.15, 0.2) is 5.78 Å². The zero-order valence-corrected chi connectivity index (χ0v) is 16.8. The van der Waals surface area contributed by atoms with E-state index in [4.69, 9.17) is 4.74 Å². The lowest BCUT2D eigenvalue weighted by atomic mass is 9.88. The van der Waals surface area contributed by atoms with E-state index in [-0.39, 0.29) is 36.4 Å². The van der Waals surface area contributed by atoms with Gasteiger partial charge in [0.2, 0.25) is 5.91 Å². The maximum atomic E-state index is 12.6. The summed E-state index contributed by atoms with van der Waals surface area (Å²) in [5.41, 5.74) is 0.616. The Labute approximate surface area is 165 Å². The van der Waals surface area contributed by atoms with Crippen LogP contribution in [0.5, 0.6) is 5.75 Å². The van der Waals surface area contributed by atoms with E-state index in [1.54, 1.807) is 25.4 Å². The highest BCUT2D eigenvalue weighted by molar-refractivity contribution is 6.05. The molecular formula is C21H29N3O4. The maximum Gasteiger partial charge on any atom is 0.228 e. The molecule has 1 aromatic rings. The molecule has 1 aromatic heterocycles. The number of nitrogens with one attached hydrogen (secondary N) is 1. The number of nitrogens with zero attached hydrogens (tertiary/aromatic N) is 2. The van der Waals surface area contributed by atoms with Crippen LogP contribution in [-0.2, 0) is 20.8 Å². The fourth-order valence-electron chi connectivity index (χ4n) is 3.81. The molecule has 1 heterocycles. The topological polar surface area (TPSA) is 88.6 Å². The van der Waals surface area contributed by atoms with Crippen molar-refractivity contribution in [3.8, 4) is 5.75 Å². The summed E-state index contributed by atoms with van der Waals surface area (Å²) in [5, 5.41) is 3.49. The van der Waals surface area contributed by atoms with Gasteiger partial charge in [0.05, 0.1) is 24.6 Å². The third-order valence-corrected chi connectivity index (χ3v) is 5.39. The molecule has 152 valence electrons. The minimum absolute atomic E-state index is 0.0459. The van der Waals surface area contributed by atoms with Crippen LogP contribution in [0.25, 0.3) is 0 Å². The first kappa shape index (κ1) is 20.5. The highest BCUT2D eigenvalue weighted by Gasteiger charge is 2.33. The van der Waals surface area contributed by atoms with Crippen LogP contribution in [0.15, 0.2) is 18.3 Å². The van der Waals surface area contributed by atoms with Gasteiger partial charge in [-0.25, -0.2) is 0 Å². The normalized spacial score (nSPS) is 24.8. The fraction of sp³-hybridized carbons (Fsp3) is 0.619. The van der Waals surface area contributed by atoms with Crippen molar-refractivity contribution in [3.05, 3.63) is 24.0 Å². The van der Waals surface area contributed by atoms with Crippen molar-refractivity contribution in [1.29, 1.82) is 0 Å². The van der Waals surface area contributed by atoms with Crippen LogP contribution in [0.1, 0.15) is 51.6 Å². The average molecular weight is 387 g/mol. The number of hydrogen-bond acceptors (Lipinski definition) is 6. The largest absolute Gasteiger partial charge is 0.490 e. The summed E-state index contributed by atoms with van der Waals surface area (Å²) in [7, 11) is 1.62. The molecule has 1 N–H and O–H groups in total. The first-order chi connectivity index (χ1) is 13.3. The first-order valence-electron chi connectivity index (χ1n) is 9.99. The van der Waals surface area contributed by atoms with E-state index in [9.17, 15) is 14.4 Å². The Bertz CT molecular complexity index is 743. The Morgan fingerprint density at radius 3 is 2.79 bits per heavy atom. The predicted octanol–water partition coefficient (Wildman–Crippen LogP) is 1.68. The summed E-state index contributed by atoms with van der Waals surface area (Å²) in [5.74, 6) is 0.317. The number of pyridine rings is 1. The smallest absolute Gasteiger partial charge is 0.228 e. The molecule has 0 spiro atoms. The first-order valence-corrected chi connectivity index (χ1v) is 9.99. The van der Waals surface area contributed by atoms with Crippen LogP contribution in [0, 0.1) is 0 Å². The minimum atomic E-state index is -0.509. The fourth-order valence-corrected chi connectivity index (χ4v) is 3.81. The molecule has 0 bridgehead atoms. The van der Waals surface area contributed by atoms with Gasteiger partial charge in [-0.2, -0.15) is 0 Å². The SMILES string of the molecule is CC(C)NC1CC(Oc2ccnc(CC(=O)N(C)C3CCC(=O)CC3=O)c2)C1. The lowest BCUT2D eigenvalue weighted by molar-refractivity contribution is -0.141. The zero-order valence-electron chi connectivity index (χ0n) is 16.8. The van der Waals surface area contributed by atoms with Crippen LogP contribution in [0.4, 0.5) is 0 Å². The summed E-state index contributed by atoms with van der Waals surface area (Å²) in [6.07, 6.45) is 4.56. The van der Waals surface area contributed by atoms with E-state index >= 15 is 0 Å². The lowest BCUT2D eigenvalue weighted by Crippen LogP contribution is -2.49. The monoisotopic (exact) mass is 387 g/mol. The van der Waals surface area contributed by atoms with Gasteiger partial charge in [-0.05, 0) is 25.3 Å². The molecule has 2 fully saturated rings. The molecule has 2 saturated carbocycles. The number of amides is 1. The number of carbonyl (C=O) groups excluding carboxylic acids is 3. The van der Waals surface area contributed by atoms with Crippen molar-refractivity contribution < 1.29 is 19.1 Å². The molecule has 7 heteroatoms. The third-order valence-electron chi connectivity index (χ3n) is 5.39. The van der Waals surface area contributed by atoms with Gasteiger partial charge in [0.25, 0.3) is 0 Å². The van der Waals surface area contributed by atoms with Crippen molar-refractivity contribution >= 4 is 17.5 Å². The van der Waals surface area contributed by atoms with E-state index < -0.39 is 6.04 Å². The summed E-state index contributed by atoms with van der Waals surface area (Å²) >= 11 is 0. The van der Waals surface area contributed by atoms with E-state index in [2.05, 4.69) is 24.1 Å². The second kappa shape index (κ2) is 8.82. The Balaban J connectivity index is 1.52. The molecule has 0 aromatic carbocycles. The maximum absolute atomic E-state index is 12.6. The molecule has 7 nitrogen and oxygen atoms in total. The van der Waals surface area contributed by atoms with Crippen LogP contribution < -0.4 is 10.1 Å². The average Bonchev–Trinajstić information content (AvgIpc) is 2.59. The molecule has 2 aliphatic rings. The van der Waals surface area contributed by atoms with E-state index in [1.807, 2.05) is 0 Å². The van der Waals surface area contributed by atoms with Gasteiger partial charge < -0.3 is 15.0 Å². The Morgan fingerprint density at radius 2 is 2.11 bits per heavy atom. The second-order valence-electron chi connectivity index (χ2n) is 8.13. The molecule has 3 rings (SSSR count). The van der Waals surface area contributed by atoms with Crippen molar-refractivity contribution in [2.75, 3.05) is 7.05 Å². The van der Waals surface area contributed by atoms with Crippen molar-refractivity contribution in [1.82, 2.24) is 15.2 Å². The molecule has 1 amide bonds. The standard InChI is InChI=1S/C21H29N3O4/c1-13(2)23-15-9-18(10-15)28-17-6-7-22-14(8-17)11-21(27)24(3)19-5-4-16(25)12-20(19)26/h6-8,13,15,18-19,23H,4-5,9-12H2,1-3H3. The van der Waals surface area contributed by atoms with Crippen molar-refractivity contribution in [2.45, 2.75) is 76.6 Å². The van der Waals surface area contributed by atoms with Gasteiger partial charge in [-0.15, -0.1) is 0 Å². The molecule has 1 atom stereocenters. The summed E-state index contributed by atoms with van der Waals surface area (Å²) in [4.78, 5) is 41.7. The molecule has 28 heavy (non-hydrogen) atoms. The van der Waals surface area contributed by atoms with Gasteiger partial charge in [0.1, 0.15) is 17.6 Å². The molecule has 0 radical (unpaired) electrons. The number of carbonyl (C=O) groups is 3. The molecule has 0 aliphatic heterocycles. The van der Waals surface area contributed by atoms with Crippen LogP contribution in [-0.4, -0.2) is 58.6 Å². The summed E-state index contributed by atoms with van der Waals surface area (Å²) in [6.45, 7) is 4.27. The third kappa shape index (κ3) is 5.16. The van der Waals surface area contributed by atoms with Gasteiger partial charge in [0, 0.05) is 37.8 Å². The van der Waals surface area contributed by atoms with Crippen LogP contribution in [0.2, 0.25) is 0 Å². The number of Topliss-reactive ketones (excluding diaryl/α,β-unsaturated/α-hetero) is 2. The highest BCUT2D eigenvalue weighted by Crippen LogP contribution is 2.26. The number of ether oxygens (including phenoxy) is 1. The quantitative estimate of drug-likeness (QED) is 0.716. The van der Waals surface area contributed by atoms with Gasteiger partial charge in [-0.3, -0.25) is 19.4 Å². The van der Waals surface area contributed by atoms with E-state index in [0.29, 0.717) is 36.4 Å². The number of aromatic nitrogens is 1. The Morgan fingerprint density at radius 1 is 1.36 bits per heavy atom. The second-order valence-corrected chi connectivity index (χ2v) is 8.13. The molecule has 1 unspecified atom stereocenters. The zero-order chi connectivity index (χ0) is 20.3. The number of rotatable bonds is 7. The molecule has 0 saturated heterocycles. The van der Waals surface area contributed by atoms with Crippen molar-refractivity contribution in [3.63, 3.8) is 0 Å². The summed E-state index contributed by atoms with van der Waals surface area (Å²) in [6, 6.07) is 4.06. The van der Waals surface area contributed by atoms with Crippen molar-refractivity contribution in [2.24, 2.45) is 0 Å². The number of ketones is 2. The van der Waals surface area contributed by atoms with Gasteiger partial charge >= 0.3 is 0 Å². The lowest BCUT2D eigenvalue weighted by Gasteiger charge is -2.37. The molecule has 2 aliphatic carbocycles. The minimum Gasteiger partial charge on any atom is -0.490 e. The highest BCUT2D eigenvalue weighted by atomic mass is 16.5. The van der Waals surface area contributed by atoms with Crippen LogP contribution in [0.3, 0.4) is 0 Å². The number of likely N-dealkylation sites (N-methyl/N-ethyl adjacent to an activating group) is 1. The van der Waals surface area contributed by atoms with Gasteiger partial charge in [-0.1, -0.05) is 13.8 Å². The van der Waals surface area contributed by atoms with E-state index in [0.717, 1.165) is 12.8 Å². The Kier molecular flexibility index (Phi) is 6.44. The summed E-state index contributed by atoms with van der Waals surface area (Å²) < 4.78 is 5.99. The predicted molar refractivity (Wildman–Crippen MR) is 104 cm³/mol. The number of hydrogen-bond donors (Lipinski definition) is 1. The molecular weight excluding hydrogens is 358 g/mol. The van der Waals surface area contributed by atoms with E-state index in [1.165, 1.54) is 4.90 Å².